The molecule has 2 bridgehead atoms. The zero-order valence-corrected chi connectivity index (χ0v) is 9.46. The van der Waals surface area contributed by atoms with E-state index in [0.717, 1.165) is 30.8 Å². The Labute approximate surface area is 94.4 Å². The van der Waals surface area contributed by atoms with Crippen LogP contribution in [-0.4, -0.2) is 38.5 Å². The monoisotopic (exact) mass is 223 g/mol. The number of hydrogen-bond acceptors (Lipinski definition) is 5. The van der Waals surface area contributed by atoms with Gasteiger partial charge in [0.2, 0.25) is 0 Å². The Morgan fingerprint density at radius 1 is 1.31 bits per heavy atom. The van der Waals surface area contributed by atoms with Gasteiger partial charge in [0.25, 0.3) is 0 Å². The van der Waals surface area contributed by atoms with E-state index in [1.54, 1.807) is 0 Å². The number of aromatic nitrogens is 2. The molecule has 5 heteroatoms. The molecule has 3 heterocycles. The quantitative estimate of drug-likeness (QED) is 0.806. The Morgan fingerprint density at radius 2 is 2.00 bits per heavy atom. The molecule has 0 saturated carbocycles. The molecular formula is C11H17N3O2. The van der Waals surface area contributed by atoms with Crippen LogP contribution < -0.4 is 0 Å². The molecule has 5 nitrogen and oxygen atoms in total. The second-order valence-corrected chi connectivity index (χ2v) is 4.98. The molecule has 2 unspecified atom stereocenters. The first-order valence-corrected chi connectivity index (χ1v) is 5.96. The van der Waals surface area contributed by atoms with Crippen molar-refractivity contribution in [3.63, 3.8) is 0 Å². The van der Waals surface area contributed by atoms with Crippen LogP contribution in [0.3, 0.4) is 0 Å². The van der Waals surface area contributed by atoms with Gasteiger partial charge in [-0.25, -0.2) is 4.63 Å². The predicted octanol–water partition coefficient (Wildman–Crippen LogP) is 0.866. The molecule has 0 aromatic carbocycles. The number of aliphatic hydroxyl groups is 1. The van der Waals surface area contributed by atoms with Gasteiger partial charge in [0, 0.05) is 18.6 Å². The average molecular weight is 223 g/mol. The van der Waals surface area contributed by atoms with Crippen LogP contribution in [0.5, 0.6) is 0 Å². The van der Waals surface area contributed by atoms with Gasteiger partial charge in [-0.05, 0) is 32.6 Å². The van der Waals surface area contributed by atoms with Crippen molar-refractivity contribution in [2.45, 2.75) is 57.3 Å². The van der Waals surface area contributed by atoms with Crippen molar-refractivity contribution < 1.29 is 9.74 Å². The van der Waals surface area contributed by atoms with Gasteiger partial charge in [-0.3, -0.25) is 4.90 Å². The third-order valence-corrected chi connectivity index (χ3v) is 3.94. The van der Waals surface area contributed by atoms with E-state index in [1.165, 1.54) is 12.8 Å². The molecule has 1 aromatic heterocycles. The van der Waals surface area contributed by atoms with Crippen molar-refractivity contribution in [1.29, 1.82) is 0 Å². The van der Waals surface area contributed by atoms with Crippen LogP contribution in [0, 0.1) is 6.92 Å². The summed E-state index contributed by atoms with van der Waals surface area (Å²) in [5.41, 5.74) is 1.82. The lowest BCUT2D eigenvalue weighted by molar-refractivity contribution is 0.0298. The van der Waals surface area contributed by atoms with E-state index < -0.39 is 0 Å². The Morgan fingerprint density at radius 3 is 2.56 bits per heavy atom. The fourth-order valence-corrected chi connectivity index (χ4v) is 3.07. The molecule has 1 aromatic rings. The molecule has 2 atom stereocenters. The molecule has 2 fully saturated rings. The second kappa shape index (κ2) is 3.82. The van der Waals surface area contributed by atoms with E-state index in [4.69, 9.17) is 4.63 Å². The molecule has 3 rings (SSSR count). The summed E-state index contributed by atoms with van der Waals surface area (Å²) in [6.45, 7) is 2.74. The van der Waals surface area contributed by atoms with Gasteiger partial charge in [-0.1, -0.05) is 10.3 Å². The summed E-state index contributed by atoms with van der Waals surface area (Å²) < 4.78 is 4.72. The van der Waals surface area contributed by atoms with Crippen LogP contribution >= 0.6 is 0 Å². The van der Waals surface area contributed by atoms with Gasteiger partial charge in [0.1, 0.15) is 11.4 Å². The van der Waals surface area contributed by atoms with Crippen molar-refractivity contribution in [1.82, 2.24) is 15.2 Å². The Hall–Kier alpha value is -0.940. The Kier molecular flexibility index (Phi) is 2.44. The van der Waals surface area contributed by atoms with Crippen molar-refractivity contribution in [3.8, 4) is 0 Å². The van der Waals surface area contributed by atoms with E-state index in [2.05, 4.69) is 15.2 Å². The normalized spacial score (nSPS) is 34.5. The van der Waals surface area contributed by atoms with Gasteiger partial charge in [0.15, 0.2) is 0 Å². The first-order valence-electron chi connectivity index (χ1n) is 5.96. The highest BCUT2D eigenvalue weighted by atomic mass is 16.6. The van der Waals surface area contributed by atoms with Gasteiger partial charge >= 0.3 is 0 Å². The summed E-state index contributed by atoms with van der Waals surface area (Å²) in [5.74, 6) is 0. The minimum Gasteiger partial charge on any atom is -0.393 e. The summed E-state index contributed by atoms with van der Waals surface area (Å²) >= 11 is 0. The SMILES string of the molecule is Cc1nonc1CN1C2CCC1CC(O)C2. The zero-order chi connectivity index (χ0) is 11.1. The highest BCUT2D eigenvalue weighted by Gasteiger charge is 2.40. The van der Waals surface area contributed by atoms with Crippen LogP contribution in [-0.2, 0) is 6.54 Å². The molecule has 88 valence electrons. The molecule has 0 radical (unpaired) electrons. The van der Waals surface area contributed by atoms with E-state index in [9.17, 15) is 5.11 Å². The average Bonchev–Trinajstić information content (AvgIpc) is 2.73. The summed E-state index contributed by atoms with van der Waals surface area (Å²) in [7, 11) is 0. The number of hydrogen-bond donors (Lipinski definition) is 1. The third kappa shape index (κ3) is 1.64. The molecule has 2 saturated heterocycles. The first kappa shape index (κ1) is 10.2. The number of fused-ring (bicyclic) bond motifs is 2. The third-order valence-electron chi connectivity index (χ3n) is 3.94. The molecule has 16 heavy (non-hydrogen) atoms. The minimum atomic E-state index is -0.106. The van der Waals surface area contributed by atoms with Gasteiger partial charge in [-0.2, -0.15) is 0 Å². The van der Waals surface area contributed by atoms with E-state index in [1.807, 2.05) is 6.92 Å². The molecule has 2 aliphatic rings. The molecule has 2 aliphatic heterocycles. The zero-order valence-electron chi connectivity index (χ0n) is 9.46. The topological polar surface area (TPSA) is 62.4 Å². The second-order valence-electron chi connectivity index (χ2n) is 4.98. The smallest absolute Gasteiger partial charge is 0.122 e. The maximum atomic E-state index is 9.72. The highest BCUT2D eigenvalue weighted by Crippen LogP contribution is 2.36. The number of aliphatic hydroxyl groups excluding tert-OH is 1. The van der Waals surface area contributed by atoms with Gasteiger partial charge < -0.3 is 5.11 Å². The van der Waals surface area contributed by atoms with Crippen LogP contribution in [0.2, 0.25) is 0 Å². The maximum Gasteiger partial charge on any atom is 0.122 e. The Balaban J connectivity index is 1.75. The summed E-state index contributed by atoms with van der Waals surface area (Å²) in [6.07, 6.45) is 4.10. The number of nitrogens with zero attached hydrogens (tertiary/aromatic N) is 3. The van der Waals surface area contributed by atoms with Crippen LogP contribution in [0.15, 0.2) is 4.63 Å². The number of piperidine rings is 1. The number of aryl methyl sites for hydroxylation is 1. The molecule has 0 amide bonds. The maximum absolute atomic E-state index is 9.72. The minimum absolute atomic E-state index is 0.106. The summed E-state index contributed by atoms with van der Waals surface area (Å²) in [6, 6.07) is 1.04. The van der Waals surface area contributed by atoms with Crippen molar-refractivity contribution >= 4 is 0 Å². The summed E-state index contributed by atoms with van der Waals surface area (Å²) in [4.78, 5) is 2.46. The highest BCUT2D eigenvalue weighted by molar-refractivity contribution is 5.07. The number of rotatable bonds is 2. The Bertz CT molecular complexity index is 365. The molecule has 0 spiro atoms. The lowest BCUT2D eigenvalue weighted by Gasteiger charge is -2.36. The van der Waals surface area contributed by atoms with E-state index in [0.29, 0.717) is 12.1 Å². The molecular weight excluding hydrogens is 206 g/mol. The van der Waals surface area contributed by atoms with Gasteiger partial charge in [0.05, 0.1) is 6.10 Å². The fraction of sp³-hybridized carbons (Fsp3) is 0.818. The van der Waals surface area contributed by atoms with Crippen LogP contribution in [0.4, 0.5) is 0 Å². The molecule has 1 N–H and O–H groups in total. The van der Waals surface area contributed by atoms with Crippen LogP contribution in [0.25, 0.3) is 0 Å². The predicted molar refractivity (Wildman–Crippen MR) is 56.6 cm³/mol. The van der Waals surface area contributed by atoms with Crippen LogP contribution in [0.1, 0.15) is 37.1 Å². The molecule has 0 aliphatic carbocycles. The van der Waals surface area contributed by atoms with Gasteiger partial charge in [-0.15, -0.1) is 0 Å². The van der Waals surface area contributed by atoms with Crippen molar-refractivity contribution in [3.05, 3.63) is 11.4 Å². The standard InChI is InChI=1S/C11H17N3O2/c1-7-11(13-16-12-7)6-14-8-2-3-9(14)5-10(15)4-8/h8-10,15H,2-6H2,1H3. The first-order chi connectivity index (χ1) is 7.74. The lowest BCUT2D eigenvalue weighted by atomic mass is 9.99. The van der Waals surface area contributed by atoms with E-state index >= 15 is 0 Å². The lowest BCUT2D eigenvalue weighted by Crippen LogP contribution is -2.44. The van der Waals surface area contributed by atoms with E-state index in [-0.39, 0.29) is 6.10 Å². The largest absolute Gasteiger partial charge is 0.393 e. The van der Waals surface area contributed by atoms with Crippen molar-refractivity contribution in [2.75, 3.05) is 0 Å². The summed E-state index contributed by atoms with van der Waals surface area (Å²) in [5, 5.41) is 17.5. The van der Waals surface area contributed by atoms with Crippen molar-refractivity contribution in [2.24, 2.45) is 0 Å². The fourth-order valence-electron chi connectivity index (χ4n) is 3.07.